The predicted molar refractivity (Wildman–Crippen MR) is 119 cm³/mol. The molecule has 1 unspecified atom stereocenters. The standard InChI is InChI=1S/C24H30N2O2S/c1-6-24(4,5)17-7-8-19-20(13-25)23(29-21(19)12-17)26-22(27)14-28-18-10-15(2)9-16(3)11-18/h9-11,17H,6-8,12,14H2,1-5H3,(H,26,27). The SMILES string of the molecule is CCC(C)(C)C1CCc2c(sc(NC(=O)COc3cc(C)cc(C)c3)c2C#N)C1. The first-order valence-electron chi connectivity index (χ1n) is 10.3. The quantitative estimate of drug-likeness (QED) is 0.655. The Morgan fingerprint density at radius 3 is 2.62 bits per heavy atom. The van der Waals surface area contributed by atoms with Crippen LogP contribution >= 0.6 is 11.3 Å². The number of anilines is 1. The maximum Gasteiger partial charge on any atom is 0.262 e. The third-order valence-electron chi connectivity index (χ3n) is 6.21. The summed E-state index contributed by atoms with van der Waals surface area (Å²) in [4.78, 5) is 13.7. The van der Waals surface area contributed by atoms with Gasteiger partial charge in [-0.3, -0.25) is 4.79 Å². The lowest BCUT2D eigenvalue weighted by Gasteiger charge is -2.36. The smallest absolute Gasteiger partial charge is 0.262 e. The highest BCUT2D eigenvalue weighted by atomic mass is 32.1. The molecule has 2 aromatic rings. The third kappa shape index (κ3) is 4.82. The molecule has 1 aromatic heterocycles. The van der Waals surface area contributed by atoms with E-state index in [0.29, 0.717) is 22.2 Å². The van der Waals surface area contributed by atoms with Crippen LogP contribution < -0.4 is 10.1 Å². The minimum atomic E-state index is -0.232. The molecule has 0 fully saturated rings. The van der Waals surface area contributed by atoms with Gasteiger partial charge in [0, 0.05) is 4.88 Å². The molecule has 1 N–H and O–H groups in total. The number of carbonyl (C=O) groups excluding carboxylic acids is 1. The molecule has 1 atom stereocenters. The Hall–Kier alpha value is -2.32. The Balaban J connectivity index is 1.70. The highest BCUT2D eigenvalue weighted by Crippen LogP contribution is 2.45. The van der Waals surface area contributed by atoms with Gasteiger partial charge < -0.3 is 10.1 Å². The third-order valence-corrected chi connectivity index (χ3v) is 7.38. The van der Waals surface area contributed by atoms with Crippen molar-refractivity contribution in [3.05, 3.63) is 45.3 Å². The van der Waals surface area contributed by atoms with Crippen LogP contribution in [0.15, 0.2) is 18.2 Å². The fourth-order valence-electron chi connectivity index (χ4n) is 4.08. The van der Waals surface area contributed by atoms with Gasteiger partial charge in [-0.25, -0.2) is 0 Å². The lowest BCUT2D eigenvalue weighted by molar-refractivity contribution is -0.118. The summed E-state index contributed by atoms with van der Waals surface area (Å²) in [6, 6.07) is 8.22. The normalized spacial score (nSPS) is 16.1. The summed E-state index contributed by atoms with van der Waals surface area (Å²) >= 11 is 1.56. The number of thiophene rings is 1. The zero-order chi connectivity index (χ0) is 21.2. The van der Waals surface area contributed by atoms with Crippen molar-refractivity contribution in [1.82, 2.24) is 0 Å². The van der Waals surface area contributed by atoms with E-state index in [1.54, 1.807) is 11.3 Å². The molecule has 1 aliphatic rings. The molecule has 5 heteroatoms. The van der Waals surface area contributed by atoms with Gasteiger partial charge in [0.05, 0.1) is 5.56 Å². The van der Waals surface area contributed by atoms with Crippen LogP contribution in [0.25, 0.3) is 0 Å². The van der Waals surface area contributed by atoms with Crippen LogP contribution in [0, 0.1) is 36.5 Å². The molecule has 0 saturated heterocycles. The number of nitrogens with one attached hydrogen (secondary N) is 1. The first-order valence-corrected chi connectivity index (χ1v) is 11.1. The van der Waals surface area contributed by atoms with Gasteiger partial charge >= 0.3 is 0 Å². The molecule has 0 saturated carbocycles. The highest BCUT2D eigenvalue weighted by molar-refractivity contribution is 7.16. The summed E-state index contributed by atoms with van der Waals surface area (Å²) in [6.07, 6.45) is 4.15. The lowest BCUT2D eigenvalue weighted by atomic mass is 9.69. The molecule has 1 amide bonds. The van der Waals surface area contributed by atoms with Gasteiger partial charge in [0.15, 0.2) is 6.61 Å². The van der Waals surface area contributed by atoms with Crippen molar-refractivity contribution in [2.75, 3.05) is 11.9 Å². The molecule has 3 rings (SSSR count). The Morgan fingerprint density at radius 2 is 2.00 bits per heavy atom. The second-order valence-electron chi connectivity index (χ2n) is 8.76. The van der Waals surface area contributed by atoms with Crippen molar-refractivity contribution in [2.24, 2.45) is 11.3 Å². The van der Waals surface area contributed by atoms with Gasteiger partial charge in [-0.15, -0.1) is 11.3 Å². The second kappa shape index (κ2) is 8.59. The fraction of sp³-hybridized carbons (Fsp3) is 0.500. The fourth-order valence-corrected chi connectivity index (χ4v) is 5.37. The number of carbonyl (C=O) groups is 1. The van der Waals surface area contributed by atoms with Crippen LogP contribution in [-0.4, -0.2) is 12.5 Å². The van der Waals surface area contributed by atoms with Gasteiger partial charge in [-0.1, -0.05) is 33.3 Å². The number of rotatable bonds is 6. The van der Waals surface area contributed by atoms with Crippen molar-refractivity contribution in [3.8, 4) is 11.8 Å². The van der Waals surface area contributed by atoms with E-state index in [4.69, 9.17) is 4.74 Å². The molecule has 1 aliphatic carbocycles. The number of fused-ring (bicyclic) bond motifs is 1. The summed E-state index contributed by atoms with van der Waals surface area (Å²) in [5.41, 5.74) is 4.26. The summed E-state index contributed by atoms with van der Waals surface area (Å²) in [5.74, 6) is 1.07. The zero-order valence-electron chi connectivity index (χ0n) is 18.0. The number of ether oxygens (including phenoxy) is 1. The van der Waals surface area contributed by atoms with Gasteiger partial charge in [0.2, 0.25) is 0 Å². The zero-order valence-corrected chi connectivity index (χ0v) is 18.8. The van der Waals surface area contributed by atoms with E-state index in [9.17, 15) is 10.1 Å². The van der Waals surface area contributed by atoms with E-state index in [0.717, 1.165) is 42.4 Å². The molecular weight excluding hydrogens is 380 g/mol. The molecule has 0 spiro atoms. The molecule has 1 aromatic carbocycles. The number of amides is 1. The Kier molecular flexibility index (Phi) is 6.33. The predicted octanol–water partition coefficient (Wildman–Crippen LogP) is 5.80. The number of aryl methyl sites for hydroxylation is 2. The van der Waals surface area contributed by atoms with E-state index < -0.39 is 0 Å². The molecule has 0 bridgehead atoms. The van der Waals surface area contributed by atoms with Crippen molar-refractivity contribution < 1.29 is 9.53 Å². The largest absolute Gasteiger partial charge is 0.484 e. The molecule has 0 aliphatic heterocycles. The number of benzene rings is 1. The summed E-state index contributed by atoms with van der Waals surface area (Å²) in [6.45, 7) is 10.8. The minimum absolute atomic E-state index is 0.0676. The topological polar surface area (TPSA) is 62.1 Å². The summed E-state index contributed by atoms with van der Waals surface area (Å²) in [7, 11) is 0. The monoisotopic (exact) mass is 410 g/mol. The van der Waals surface area contributed by atoms with Crippen molar-refractivity contribution in [1.29, 1.82) is 5.26 Å². The van der Waals surface area contributed by atoms with Gasteiger partial charge in [-0.2, -0.15) is 5.26 Å². The van der Waals surface area contributed by atoms with Crippen molar-refractivity contribution in [3.63, 3.8) is 0 Å². The number of hydrogen-bond donors (Lipinski definition) is 1. The first kappa shape index (κ1) is 21.4. The molecular formula is C24H30N2O2S. The van der Waals surface area contributed by atoms with E-state index in [2.05, 4.69) is 38.2 Å². The highest BCUT2D eigenvalue weighted by Gasteiger charge is 2.34. The van der Waals surface area contributed by atoms with Crippen LogP contribution in [-0.2, 0) is 17.6 Å². The van der Waals surface area contributed by atoms with Crippen molar-refractivity contribution >= 4 is 22.2 Å². The number of hydrogen-bond acceptors (Lipinski definition) is 4. The Bertz CT molecular complexity index is 932. The lowest BCUT2D eigenvalue weighted by Crippen LogP contribution is -2.28. The van der Waals surface area contributed by atoms with Crippen molar-refractivity contribution in [2.45, 2.75) is 60.3 Å². The maximum absolute atomic E-state index is 12.5. The number of nitriles is 1. The molecule has 154 valence electrons. The second-order valence-corrected chi connectivity index (χ2v) is 9.87. The average molecular weight is 411 g/mol. The molecule has 0 radical (unpaired) electrons. The Morgan fingerprint density at radius 1 is 1.31 bits per heavy atom. The van der Waals surface area contributed by atoms with Crippen LogP contribution in [0.4, 0.5) is 5.00 Å². The first-order chi connectivity index (χ1) is 13.7. The van der Waals surface area contributed by atoms with Crippen LogP contribution in [0.5, 0.6) is 5.75 Å². The van der Waals surface area contributed by atoms with Crippen LogP contribution in [0.3, 0.4) is 0 Å². The van der Waals surface area contributed by atoms with E-state index in [1.807, 2.05) is 26.0 Å². The van der Waals surface area contributed by atoms with Crippen LogP contribution in [0.1, 0.15) is 60.7 Å². The van der Waals surface area contributed by atoms with E-state index in [-0.39, 0.29) is 17.9 Å². The number of nitrogens with zero attached hydrogens (tertiary/aromatic N) is 1. The average Bonchev–Trinajstić information content (AvgIpc) is 3.01. The molecule has 1 heterocycles. The van der Waals surface area contributed by atoms with Gasteiger partial charge in [0.25, 0.3) is 5.91 Å². The van der Waals surface area contributed by atoms with Crippen LogP contribution in [0.2, 0.25) is 0 Å². The summed E-state index contributed by atoms with van der Waals surface area (Å²) in [5, 5.41) is 13.3. The minimum Gasteiger partial charge on any atom is -0.484 e. The summed E-state index contributed by atoms with van der Waals surface area (Å²) < 4.78 is 5.66. The Labute approximate surface area is 177 Å². The van der Waals surface area contributed by atoms with E-state index in [1.165, 1.54) is 4.88 Å². The molecule has 4 nitrogen and oxygen atoms in total. The van der Waals surface area contributed by atoms with Gasteiger partial charge in [0.1, 0.15) is 16.8 Å². The van der Waals surface area contributed by atoms with Gasteiger partial charge in [-0.05, 0) is 73.3 Å². The maximum atomic E-state index is 12.5. The van der Waals surface area contributed by atoms with E-state index >= 15 is 0 Å². The molecule has 29 heavy (non-hydrogen) atoms.